The third kappa shape index (κ3) is 718. The highest BCUT2D eigenvalue weighted by Gasteiger charge is 1.71. The van der Waals surface area contributed by atoms with Gasteiger partial charge in [-0.15, -0.1) is 11.6 Å². The quantitative estimate of drug-likeness (QED) is 0.466. The first-order chi connectivity index (χ1) is 2.73. The average molecular weight is 111 g/mol. The second-order valence-electron chi connectivity index (χ2n) is 1.01. The van der Waals surface area contributed by atoms with E-state index in [-0.39, 0.29) is 0 Å². The van der Waals surface area contributed by atoms with Crippen molar-refractivity contribution in [2.75, 3.05) is 7.11 Å². The van der Waals surface area contributed by atoms with Crippen LogP contribution in [0.2, 0.25) is 0 Å². The topological polar surface area (TPSA) is 20.2 Å². The van der Waals surface area contributed by atoms with Crippen LogP contribution in [-0.4, -0.2) is 17.6 Å². The molecular formula is C4H11ClO. The lowest BCUT2D eigenvalue weighted by atomic mass is 10.6. The summed E-state index contributed by atoms with van der Waals surface area (Å²) in [6, 6.07) is 0. The Bertz CT molecular complexity index is 12.3. The molecule has 0 aliphatic carbocycles. The lowest BCUT2D eigenvalue weighted by Crippen LogP contribution is -1.70. The van der Waals surface area contributed by atoms with E-state index in [2.05, 4.69) is 0 Å². The van der Waals surface area contributed by atoms with E-state index in [1.807, 2.05) is 13.8 Å². The zero-order chi connectivity index (χ0) is 5.58. The summed E-state index contributed by atoms with van der Waals surface area (Å²) in [4.78, 5) is 0. The van der Waals surface area contributed by atoms with Crippen molar-refractivity contribution in [3.8, 4) is 0 Å². The average Bonchev–Trinajstić information content (AvgIpc) is 1.41. The number of rotatable bonds is 0. The minimum atomic E-state index is 0.306. The van der Waals surface area contributed by atoms with Gasteiger partial charge in [-0.1, -0.05) is 0 Å². The van der Waals surface area contributed by atoms with Crippen molar-refractivity contribution in [2.45, 2.75) is 19.2 Å². The van der Waals surface area contributed by atoms with Crippen molar-refractivity contribution in [1.82, 2.24) is 0 Å². The molecule has 0 aliphatic heterocycles. The second-order valence-corrected chi connectivity index (χ2v) is 1.89. The summed E-state index contributed by atoms with van der Waals surface area (Å²) < 4.78 is 0. The van der Waals surface area contributed by atoms with Crippen LogP contribution in [0, 0.1) is 0 Å². The number of halogens is 1. The Morgan fingerprint density at radius 2 is 1.33 bits per heavy atom. The standard InChI is InChI=1S/C3H7Cl.CH4O/c1-3(2)4;1-2/h3H,1-2H3;2H,1H3. The third-order valence-electron chi connectivity index (χ3n) is 0. The van der Waals surface area contributed by atoms with Gasteiger partial charge in [0.05, 0.1) is 0 Å². The molecule has 0 saturated carbocycles. The molecule has 0 unspecified atom stereocenters. The number of alkyl halides is 1. The molecule has 0 amide bonds. The molecule has 0 bridgehead atoms. The van der Waals surface area contributed by atoms with Gasteiger partial charge in [-0.25, -0.2) is 0 Å². The van der Waals surface area contributed by atoms with Gasteiger partial charge in [0.1, 0.15) is 0 Å². The summed E-state index contributed by atoms with van der Waals surface area (Å²) in [7, 11) is 1.00. The monoisotopic (exact) mass is 110 g/mol. The summed E-state index contributed by atoms with van der Waals surface area (Å²) in [5.41, 5.74) is 0. The van der Waals surface area contributed by atoms with Gasteiger partial charge in [0.15, 0.2) is 0 Å². The normalized spacial score (nSPS) is 7.00. The number of aliphatic hydroxyl groups is 1. The molecule has 2 heteroatoms. The third-order valence-corrected chi connectivity index (χ3v) is 0. The van der Waals surface area contributed by atoms with Crippen molar-refractivity contribution in [1.29, 1.82) is 0 Å². The van der Waals surface area contributed by atoms with E-state index >= 15 is 0 Å². The second kappa shape index (κ2) is 8.98. The molecular weight excluding hydrogens is 99.5 g/mol. The highest BCUT2D eigenvalue weighted by atomic mass is 35.5. The van der Waals surface area contributed by atoms with E-state index in [9.17, 15) is 0 Å². The number of hydrogen-bond acceptors (Lipinski definition) is 1. The SMILES string of the molecule is CC(C)Cl.CO. The molecule has 0 aromatic carbocycles. The minimum absolute atomic E-state index is 0.306. The van der Waals surface area contributed by atoms with Crippen LogP contribution in [0.15, 0.2) is 0 Å². The maximum absolute atomic E-state index is 7.00. The molecule has 1 nitrogen and oxygen atoms in total. The smallest absolute Gasteiger partial charge is 0.0319 e. The molecule has 0 heterocycles. The first-order valence-electron chi connectivity index (χ1n) is 1.82. The molecule has 6 heavy (non-hydrogen) atoms. The predicted octanol–water partition coefficient (Wildman–Crippen LogP) is 1.24. The summed E-state index contributed by atoms with van der Waals surface area (Å²) in [6.07, 6.45) is 0. The Morgan fingerprint density at radius 1 is 1.33 bits per heavy atom. The van der Waals surface area contributed by atoms with Crippen LogP contribution in [0.3, 0.4) is 0 Å². The summed E-state index contributed by atoms with van der Waals surface area (Å²) in [5, 5.41) is 7.31. The van der Waals surface area contributed by atoms with Gasteiger partial charge in [0.25, 0.3) is 0 Å². The minimum Gasteiger partial charge on any atom is -0.400 e. The van der Waals surface area contributed by atoms with Crippen molar-refractivity contribution >= 4 is 11.6 Å². The highest BCUT2D eigenvalue weighted by molar-refractivity contribution is 6.20. The van der Waals surface area contributed by atoms with Crippen LogP contribution < -0.4 is 0 Å². The van der Waals surface area contributed by atoms with Gasteiger partial charge in [-0.05, 0) is 13.8 Å². The van der Waals surface area contributed by atoms with E-state index in [1.54, 1.807) is 0 Å². The molecule has 0 spiro atoms. The van der Waals surface area contributed by atoms with Crippen LogP contribution in [-0.2, 0) is 0 Å². The Hall–Kier alpha value is 0.250. The van der Waals surface area contributed by atoms with E-state index in [0.29, 0.717) is 5.38 Å². The molecule has 0 fully saturated rings. The fraction of sp³-hybridized carbons (Fsp3) is 1.00. The molecule has 0 aromatic heterocycles. The lowest BCUT2D eigenvalue weighted by Gasteiger charge is -1.76. The molecule has 0 saturated heterocycles. The summed E-state index contributed by atoms with van der Waals surface area (Å²) in [6.45, 7) is 3.86. The Balaban J connectivity index is 0. The predicted molar refractivity (Wildman–Crippen MR) is 29.1 cm³/mol. The van der Waals surface area contributed by atoms with E-state index < -0.39 is 0 Å². The van der Waals surface area contributed by atoms with Crippen molar-refractivity contribution < 1.29 is 5.11 Å². The maximum atomic E-state index is 7.00. The van der Waals surface area contributed by atoms with E-state index in [0.717, 1.165) is 7.11 Å². The zero-order valence-electron chi connectivity index (χ0n) is 4.40. The van der Waals surface area contributed by atoms with Gasteiger partial charge < -0.3 is 5.11 Å². The van der Waals surface area contributed by atoms with Crippen LogP contribution in [0.5, 0.6) is 0 Å². The molecule has 0 aliphatic rings. The fourth-order valence-electron chi connectivity index (χ4n) is 0. The number of aliphatic hydroxyl groups excluding tert-OH is 1. The van der Waals surface area contributed by atoms with Gasteiger partial charge >= 0.3 is 0 Å². The van der Waals surface area contributed by atoms with Gasteiger partial charge in [-0.2, -0.15) is 0 Å². The highest BCUT2D eigenvalue weighted by Crippen LogP contribution is 1.84. The van der Waals surface area contributed by atoms with Crippen molar-refractivity contribution in [2.24, 2.45) is 0 Å². The zero-order valence-corrected chi connectivity index (χ0v) is 5.16. The Labute approximate surface area is 43.9 Å². The summed E-state index contributed by atoms with van der Waals surface area (Å²) >= 11 is 5.27. The van der Waals surface area contributed by atoms with Gasteiger partial charge in [-0.3, -0.25) is 0 Å². The lowest BCUT2D eigenvalue weighted by molar-refractivity contribution is 0.399. The van der Waals surface area contributed by atoms with Crippen LogP contribution in [0.1, 0.15) is 13.8 Å². The molecule has 1 N–H and O–H groups in total. The first kappa shape index (κ1) is 9.54. The summed E-state index contributed by atoms with van der Waals surface area (Å²) in [5.74, 6) is 0. The van der Waals surface area contributed by atoms with Crippen molar-refractivity contribution in [3.05, 3.63) is 0 Å². The van der Waals surface area contributed by atoms with Crippen LogP contribution in [0.4, 0.5) is 0 Å². The Morgan fingerprint density at radius 3 is 1.33 bits per heavy atom. The van der Waals surface area contributed by atoms with Gasteiger partial charge in [0.2, 0.25) is 0 Å². The van der Waals surface area contributed by atoms with E-state index in [4.69, 9.17) is 16.7 Å². The maximum Gasteiger partial charge on any atom is 0.0319 e. The molecule has 40 valence electrons. The fourth-order valence-corrected chi connectivity index (χ4v) is 0. The number of hydrogen-bond donors (Lipinski definition) is 1. The first-order valence-corrected chi connectivity index (χ1v) is 2.26. The van der Waals surface area contributed by atoms with Crippen LogP contribution in [0.25, 0.3) is 0 Å². The van der Waals surface area contributed by atoms with E-state index in [1.165, 1.54) is 0 Å². The van der Waals surface area contributed by atoms with Gasteiger partial charge in [0, 0.05) is 12.5 Å². The largest absolute Gasteiger partial charge is 0.400 e. The Kier molecular flexibility index (Phi) is 14.3. The molecule has 0 atom stereocenters. The molecule has 0 rings (SSSR count). The van der Waals surface area contributed by atoms with Crippen molar-refractivity contribution in [3.63, 3.8) is 0 Å². The van der Waals surface area contributed by atoms with Crippen LogP contribution >= 0.6 is 11.6 Å². The molecule has 0 aromatic rings. The molecule has 0 radical (unpaired) electrons.